The van der Waals surface area contributed by atoms with E-state index >= 15 is 0 Å². The topological polar surface area (TPSA) is 95.8 Å². The van der Waals surface area contributed by atoms with Gasteiger partial charge in [-0.3, -0.25) is 19.7 Å². The van der Waals surface area contributed by atoms with E-state index in [1.165, 1.54) is 12.1 Å². The van der Waals surface area contributed by atoms with Gasteiger partial charge in [0.05, 0.1) is 16.2 Å². The summed E-state index contributed by atoms with van der Waals surface area (Å²) in [5.74, 6) is -0.540. The van der Waals surface area contributed by atoms with Crippen LogP contribution < -0.4 is 10.2 Å². The first-order valence-corrected chi connectivity index (χ1v) is 10.7. The van der Waals surface area contributed by atoms with E-state index < -0.39 is 10.8 Å². The highest BCUT2D eigenvalue weighted by atomic mass is 16.6. The number of hydrogen-bond donors (Lipinski definition) is 1. The summed E-state index contributed by atoms with van der Waals surface area (Å²) >= 11 is 0. The molecule has 1 aliphatic rings. The van der Waals surface area contributed by atoms with Crippen LogP contribution in [0.25, 0.3) is 0 Å². The first-order valence-electron chi connectivity index (χ1n) is 10.7. The summed E-state index contributed by atoms with van der Waals surface area (Å²) in [4.78, 5) is 40.3. The summed E-state index contributed by atoms with van der Waals surface area (Å²) in [6.07, 6.45) is 3.18. The number of amides is 2. The third kappa shape index (κ3) is 5.20. The van der Waals surface area contributed by atoms with Crippen LogP contribution in [0.3, 0.4) is 0 Å². The van der Waals surface area contributed by atoms with Gasteiger partial charge in [0.15, 0.2) is 0 Å². The zero-order valence-corrected chi connectivity index (χ0v) is 18.0. The molecule has 0 unspecified atom stereocenters. The highest BCUT2D eigenvalue weighted by Gasteiger charge is 2.22. The van der Waals surface area contributed by atoms with Crippen LogP contribution in [0, 0.1) is 10.1 Å². The van der Waals surface area contributed by atoms with Crippen molar-refractivity contribution in [3.63, 3.8) is 0 Å². The Kier molecular flexibility index (Phi) is 7.23. The van der Waals surface area contributed by atoms with Crippen molar-refractivity contribution in [1.29, 1.82) is 0 Å². The Morgan fingerprint density at radius 3 is 2.42 bits per heavy atom. The van der Waals surface area contributed by atoms with Crippen molar-refractivity contribution in [2.24, 2.45) is 0 Å². The highest BCUT2D eigenvalue weighted by molar-refractivity contribution is 6.09. The van der Waals surface area contributed by atoms with E-state index in [2.05, 4.69) is 10.2 Å². The molecule has 0 radical (unpaired) electrons. The van der Waals surface area contributed by atoms with Gasteiger partial charge in [0, 0.05) is 49.6 Å². The Hall–Kier alpha value is -3.42. The molecule has 0 aliphatic carbocycles. The fourth-order valence-electron chi connectivity index (χ4n) is 3.85. The number of nitro benzene ring substituents is 1. The second-order valence-electron chi connectivity index (χ2n) is 7.52. The molecule has 2 amide bonds. The standard InChI is InChI=1S/C23H28N4O4/c1-3-25(4-2)23(29)17-9-8-10-18(15-17)24-22(28)20-16-19(27(30)31)11-12-21(20)26-13-6-5-7-14-26/h8-12,15-16H,3-7,13-14H2,1-2H3,(H,24,28). The molecule has 31 heavy (non-hydrogen) atoms. The van der Waals surface area contributed by atoms with Gasteiger partial charge in [-0.15, -0.1) is 0 Å². The Labute approximate surface area is 182 Å². The highest BCUT2D eigenvalue weighted by Crippen LogP contribution is 2.29. The minimum atomic E-state index is -0.500. The van der Waals surface area contributed by atoms with Gasteiger partial charge >= 0.3 is 0 Å². The summed E-state index contributed by atoms with van der Waals surface area (Å²) in [5.41, 5.74) is 1.78. The minimum Gasteiger partial charge on any atom is -0.371 e. The second kappa shape index (κ2) is 10.1. The maximum Gasteiger partial charge on any atom is 0.270 e. The second-order valence-corrected chi connectivity index (χ2v) is 7.52. The van der Waals surface area contributed by atoms with E-state index in [4.69, 9.17) is 0 Å². The van der Waals surface area contributed by atoms with E-state index in [1.807, 2.05) is 13.8 Å². The number of non-ortho nitro benzene ring substituents is 1. The average Bonchev–Trinajstić information content (AvgIpc) is 2.80. The van der Waals surface area contributed by atoms with E-state index in [-0.39, 0.29) is 17.2 Å². The number of benzene rings is 2. The van der Waals surface area contributed by atoms with Gasteiger partial charge in [-0.1, -0.05) is 6.07 Å². The van der Waals surface area contributed by atoms with Crippen LogP contribution in [0.15, 0.2) is 42.5 Å². The van der Waals surface area contributed by atoms with Crippen molar-refractivity contribution in [3.8, 4) is 0 Å². The average molecular weight is 425 g/mol. The molecule has 0 aromatic heterocycles. The summed E-state index contributed by atoms with van der Waals surface area (Å²) in [6.45, 7) is 6.64. The van der Waals surface area contributed by atoms with Crippen molar-refractivity contribution in [2.75, 3.05) is 36.4 Å². The molecule has 8 nitrogen and oxygen atoms in total. The van der Waals surface area contributed by atoms with Crippen LogP contribution in [0.1, 0.15) is 53.8 Å². The molecule has 2 aromatic rings. The lowest BCUT2D eigenvalue weighted by atomic mass is 10.1. The smallest absolute Gasteiger partial charge is 0.270 e. The molecule has 1 heterocycles. The van der Waals surface area contributed by atoms with E-state index in [0.717, 1.165) is 32.4 Å². The molecule has 1 N–H and O–H groups in total. The first kappa shape index (κ1) is 22.3. The van der Waals surface area contributed by atoms with Gasteiger partial charge in [0.2, 0.25) is 0 Å². The molecule has 1 aliphatic heterocycles. The van der Waals surface area contributed by atoms with Crippen molar-refractivity contribution >= 4 is 28.9 Å². The number of hydrogen-bond acceptors (Lipinski definition) is 5. The molecule has 0 saturated carbocycles. The first-order chi connectivity index (χ1) is 14.9. The fourth-order valence-corrected chi connectivity index (χ4v) is 3.85. The third-order valence-electron chi connectivity index (χ3n) is 5.55. The summed E-state index contributed by atoms with van der Waals surface area (Å²) in [6, 6.07) is 11.2. The van der Waals surface area contributed by atoms with Crippen molar-refractivity contribution in [3.05, 3.63) is 63.7 Å². The molecule has 8 heteroatoms. The quantitative estimate of drug-likeness (QED) is 0.527. The lowest BCUT2D eigenvalue weighted by Gasteiger charge is -2.30. The Balaban J connectivity index is 1.89. The van der Waals surface area contributed by atoms with Gasteiger partial charge in [-0.2, -0.15) is 0 Å². The van der Waals surface area contributed by atoms with E-state index in [9.17, 15) is 19.7 Å². The summed E-state index contributed by atoms with van der Waals surface area (Å²) < 4.78 is 0. The molecular formula is C23H28N4O4. The maximum atomic E-state index is 13.1. The summed E-state index contributed by atoms with van der Waals surface area (Å²) in [7, 11) is 0. The maximum absolute atomic E-state index is 13.1. The monoisotopic (exact) mass is 424 g/mol. The number of nitrogens with zero attached hydrogens (tertiary/aromatic N) is 3. The number of piperidine rings is 1. The van der Waals surface area contributed by atoms with Crippen LogP contribution in [-0.2, 0) is 0 Å². The molecule has 0 atom stereocenters. The Morgan fingerprint density at radius 2 is 1.77 bits per heavy atom. The molecule has 0 bridgehead atoms. The van der Waals surface area contributed by atoms with Crippen molar-refractivity contribution in [1.82, 2.24) is 4.90 Å². The van der Waals surface area contributed by atoms with Gasteiger partial charge in [0.1, 0.15) is 0 Å². The lowest BCUT2D eigenvalue weighted by Crippen LogP contribution is -2.31. The third-order valence-corrected chi connectivity index (χ3v) is 5.55. The van der Waals surface area contributed by atoms with Crippen LogP contribution in [0.4, 0.5) is 17.1 Å². The zero-order chi connectivity index (χ0) is 22.4. The Morgan fingerprint density at radius 1 is 1.06 bits per heavy atom. The molecule has 3 rings (SSSR count). The number of carbonyl (C=O) groups excluding carboxylic acids is 2. The largest absolute Gasteiger partial charge is 0.371 e. The van der Waals surface area contributed by atoms with E-state index in [1.54, 1.807) is 35.2 Å². The van der Waals surface area contributed by atoms with Crippen LogP contribution in [0.5, 0.6) is 0 Å². The molecule has 1 fully saturated rings. The van der Waals surface area contributed by atoms with Gasteiger partial charge < -0.3 is 15.1 Å². The van der Waals surface area contributed by atoms with Crippen molar-refractivity contribution in [2.45, 2.75) is 33.1 Å². The minimum absolute atomic E-state index is 0.106. The number of carbonyl (C=O) groups is 2. The van der Waals surface area contributed by atoms with Crippen LogP contribution in [0.2, 0.25) is 0 Å². The van der Waals surface area contributed by atoms with Crippen LogP contribution >= 0.6 is 0 Å². The van der Waals surface area contributed by atoms with Gasteiger partial charge in [-0.05, 0) is 57.4 Å². The SMILES string of the molecule is CCN(CC)C(=O)c1cccc(NC(=O)c2cc([N+](=O)[O-])ccc2N2CCCCC2)c1. The van der Waals surface area contributed by atoms with E-state index in [0.29, 0.717) is 30.0 Å². The molecule has 0 spiro atoms. The van der Waals surface area contributed by atoms with Gasteiger partial charge in [0.25, 0.3) is 17.5 Å². The normalized spacial score (nSPS) is 13.5. The fraction of sp³-hybridized carbons (Fsp3) is 0.391. The zero-order valence-electron chi connectivity index (χ0n) is 18.0. The van der Waals surface area contributed by atoms with Gasteiger partial charge in [-0.25, -0.2) is 0 Å². The Bertz CT molecular complexity index is 966. The molecule has 164 valence electrons. The number of rotatable bonds is 7. The molecular weight excluding hydrogens is 396 g/mol. The molecule has 2 aromatic carbocycles. The van der Waals surface area contributed by atoms with Crippen molar-refractivity contribution < 1.29 is 14.5 Å². The van der Waals surface area contributed by atoms with Crippen LogP contribution in [-0.4, -0.2) is 47.8 Å². The lowest BCUT2D eigenvalue weighted by molar-refractivity contribution is -0.384. The summed E-state index contributed by atoms with van der Waals surface area (Å²) in [5, 5.41) is 14.1. The number of nitro groups is 1. The number of nitrogens with one attached hydrogen (secondary N) is 1. The predicted molar refractivity (Wildman–Crippen MR) is 121 cm³/mol. The molecule has 1 saturated heterocycles. The number of anilines is 2. The predicted octanol–water partition coefficient (Wildman–Crippen LogP) is 4.32.